The molecule has 2 aromatic carbocycles. The number of phenols is 1. The first kappa shape index (κ1) is 14.3. The second-order valence-corrected chi connectivity index (χ2v) is 5.67. The Kier molecular flexibility index (Phi) is 3.66. The predicted molar refractivity (Wildman–Crippen MR) is 75.1 cm³/mol. The van der Waals surface area contributed by atoms with Crippen molar-refractivity contribution in [3.05, 3.63) is 41.7 Å². The first-order chi connectivity index (χ1) is 9.28. The predicted octanol–water partition coefficient (Wildman–Crippen LogP) is 3.57. The van der Waals surface area contributed by atoms with Crippen LogP contribution in [0.1, 0.15) is 26.3 Å². The molecule has 0 aliphatic carbocycles. The SMILES string of the molecule is CC(C)(C)OC(=O)Cc1cccc2c(O)c(F)ccc12. The van der Waals surface area contributed by atoms with Gasteiger partial charge in [-0.2, -0.15) is 0 Å². The Hall–Kier alpha value is -2.10. The van der Waals surface area contributed by atoms with E-state index in [4.69, 9.17) is 4.74 Å². The molecule has 0 heterocycles. The molecule has 0 saturated carbocycles. The van der Waals surface area contributed by atoms with Crippen LogP contribution in [0.3, 0.4) is 0 Å². The van der Waals surface area contributed by atoms with Crippen molar-refractivity contribution in [2.45, 2.75) is 32.8 Å². The van der Waals surface area contributed by atoms with Gasteiger partial charge < -0.3 is 9.84 Å². The molecule has 0 fully saturated rings. The molecule has 0 radical (unpaired) electrons. The molecule has 2 aromatic rings. The number of ether oxygens (including phenoxy) is 1. The number of hydrogen-bond donors (Lipinski definition) is 1. The molecule has 0 unspecified atom stereocenters. The highest BCUT2D eigenvalue weighted by molar-refractivity contribution is 5.93. The molecule has 20 heavy (non-hydrogen) atoms. The third-order valence-electron chi connectivity index (χ3n) is 2.83. The molecule has 0 saturated heterocycles. The summed E-state index contributed by atoms with van der Waals surface area (Å²) in [5.41, 5.74) is 0.155. The smallest absolute Gasteiger partial charge is 0.310 e. The highest BCUT2D eigenvalue weighted by Crippen LogP contribution is 2.30. The van der Waals surface area contributed by atoms with Crippen LogP contribution >= 0.6 is 0 Å². The van der Waals surface area contributed by atoms with Gasteiger partial charge in [0.2, 0.25) is 0 Å². The molecular formula is C16H17FO3. The van der Waals surface area contributed by atoms with Gasteiger partial charge in [0.1, 0.15) is 5.60 Å². The average Bonchev–Trinajstić information content (AvgIpc) is 2.32. The van der Waals surface area contributed by atoms with Gasteiger partial charge >= 0.3 is 5.97 Å². The fraction of sp³-hybridized carbons (Fsp3) is 0.312. The van der Waals surface area contributed by atoms with Crippen molar-refractivity contribution in [2.75, 3.05) is 0 Å². The second-order valence-electron chi connectivity index (χ2n) is 5.67. The van der Waals surface area contributed by atoms with Gasteiger partial charge in [-0.3, -0.25) is 4.79 Å². The van der Waals surface area contributed by atoms with E-state index in [-0.39, 0.29) is 12.4 Å². The molecule has 0 amide bonds. The molecule has 4 heteroatoms. The van der Waals surface area contributed by atoms with Crippen LogP contribution in [0.5, 0.6) is 5.75 Å². The zero-order valence-electron chi connectivity index (χ0n) is 11.7. The Morgan fingerprint density at radius 3 is 2.55 bits per heavy atom. The molecule has 3 nitrogen and oxygen atoms in total. The van der Waals surface area contributed by atoms with E-state index in [1.165, 1.54) is 6.07 Å². The molecule has 1 N–H and O–H groups in total. The van der Waals surface area contributed by atoms with Gasteiger partial charge in [0.05, 0.1) is 6.42 Å². The van der Waals surface area contributed by atoms with Crippen LogP contribution in [-0.2, 0) is 16.0 Å². The zero-order chi connectivity index (χ0) is 14.9. The minimum atomic E-state index is -0.674. The third kappa shape index (κ3) is 3.07. The number of halogens is 1. The molecule has 0 atom stereocenters. The zero-order valence-corrected chi connectivity index (χ0v) is 11.7. The van der Waals surface area contributed by atoms with E-state index in [1.807, 2.05) is 0 Å². The van der Waals surface area contributed by atoms with E-state index in [0.29, 0.717) is 16.3 Å². The van der Waals surface area contributed by atoms with Crippen LogP contribution in [0.25, 0.3) is 10.8 Å². The fourth-order valence-corrected chi connectivity index (χ4v) is 2.07. The summed E-state index contributed by atoms with van der Waals surface area (Å²) in [7, 11) is 0. The number of fused-ring (bicyclic) bond motifs is 1. The molecule has 0 aromatic heterocycles. The lowest BCUT2D eigenvalue weighted by Gasteiger charge is -2.19. The molecule has 0 bridgehead atoms. The standard InChI is InChI=1S/C16H17FO3/c1-16(2,3)20-14(18)9-10-5-4-6-12-11(10)7-8-13(17)15(12)19/h4-8,19H,9H2,1-3H3. The van der Waals surface area contributed by atoms with E-state index in [1.54, 1.807) is 45.0 Å². The minimum absolute atomic E-state index is 0.0830. The summed E-state index contributed by atoms with van der Waals surface area (Å²) in [5.74, 6) is -1.42. The maximum absolute atomic E-state index is 13.3. The highest BCUT2D eigenvalue weighted by atomic mass is 19.1. The Morgan fingerprint density at radius 1 is 1.20 bits per heavy atom. The van der Waals surface area contributed by atoms with Crippen molar-refractivity contribution in [2.24, 2.45) is 0 Å². The van der Waals surface area contributed by atoms with Crippen LogP contribution in [0.15, 0.2) is 30.3 Å². The van der Waals surface area contributed by atoms with E-state index in [2.05, 4.69) is 0 Å². The second kappa shape index (κ2) is 5.12. The summed E-state index contributed by atoms with van der Waals surface area (Å²) in [6.45, 7) is 5.40. The van der Waals surface area contributed by atoms with Gasteiger partial charge in [0.25, 0.3) is 0 Å². The first-order valence-corrected chi connectivity index (χ1v) is 6.39. The minimum Gasteiger partial charge on any atom is -0.504 e. The first-order valence-electron chi connectivity index (χ1n) is 6.39. The molecule has 0 aliphatic rings. The van der Waals surface area contributed by atoms with Gasteiger partial charge in [-0.1, -0.05) is 24.3 Å². The lowest BCUT2D eigenvalue weighted by molar-refractivity contribution is -0.153. The van der Waals surface area contributed by atoms with E-state index < -0.39 is 17.2 Å². The molecular weight excluding hydrogens is 259 g/mol. The summed E-state index contributed by atoms with van der Waals surface area (Å²) >= 11 is 0. The molecule has 0 aliphatic heterocycles. The number of carbonyl (C=O) groups is 1. The topological polar surface area (TPSA) is 46.5 Å². The van der Waals surface area contributed by atoms with E-state index in [9.17, 15) is 14.3 Å². The number of aromatic hydroxyl groups is 1. The monoisotopic (exact) mass is 276 g/mol. The fourth-order valence-electron chi connectivity index (χ4n) is 2.07. The Balaban J connectivity index is 2.36. The van der Waals surface area contributed by atoms with Gasteiger partial charge in [-0.25, -0.2) is 4.39 Å². The summed E-state index contributed by atoms with van der Waals surface area (Å²) in [5, 5.41) is 10.8. The van der Waals surface area contributed by atoms with Gasteiger partial charge in [0, 0.05) is 5.39 Å². The average molecular weight is 276 g/mol. The molecule has 106 valence electrons. The van der Waals surface area contributed by atoms with Crippen LogP contribution in [-0.4, -0.2) is 16.7 Å². The molecule has 2 rings (SSSR count). The number of carbonyl (C=O) groups excluding carboxylic acids is 1. The van der Waals surface area contributed by atoms with Gasteiger partial charge in [-0.15, -0.1) is 0 Å². The molecule has 0 spiro atoms. The Labute approximate surface area is 117 Å². The summed E-state index contributed by atoms with van der Waals surface area (Å²) < 4.78 is 18.6. The van der Waals surface area contributed by atoms with Gasteiger partial charge in [0.15, 0.2) is 11.6 Å². The van der Waals surface area contributed by atoms with Gasteiger partial charge in [-0.05, 0) is 37.8 Å². The maximum Gasteiger partial charge on any atom is 0.310 e. The van der Waals surface area contributed by atoms with Crippen LogP contribution in [0, 0.1) is 5.82 Å². The van der Waals surface area contributed by atoms with E-state index in [0.717, 1.165) is 0 Å². The van der Waals surface area contributed by atoms with Crippen molar-refractivity contribution in [3.63, 3.8) is 0 Å². The number of phenolic OH excluding ortho intramolecular Hbond substituents is 1. The van der Waals surface area contributed by atoms with Crippen molar-refractivity contribution >= 4 is 16.7 Å². The van der Waals surface area contributed by atoms with E-state index >= 15 is 0 Å². The highest BCUT2D eigenvalue weighted by Gasteiger charge is 2.18. The number of benzene rings is 2. The van der Waals surface area contributed by atoms with Crippen LogP contribution < -0.4 is 0 Å². The summed E-state index contributed by atoms with van der Waals surface area (Å²) in [6, 6.07) is 7.82. The third-order valence-corrected chi connectivity index (χ3v) is 2.83. The largest absolute Gasteiger partial charge is 0.504 e. The Morgan fingerprint density at radius 2 is 1.90 bits per heavy atom. The summed E-state index contributed by atoms with van der Waals surface area (Å²) in [6.07, 6.45) is 0.0830. The van der Waals surface area contributed by atoms with Crippen LogP contribution in [0.2, 0.25) is 0 Å². The lowest BCUT2D eigenvalue weighted by atomic mass is 10.0. The van der Waals surface area contributed by atoms with Crippen molar-refractivity contribution < 1.29 is 19.0 Å². The lowest BCUT2D eigenvalue weighted by Crippen LogP contribution is -2.24. The number of rotatable bonds is 2. The normalized spacial score (nSPS) is 11.6. The van der Waals surface area contributed by atoms with Crippen molar-refractivity contribution in [3.8, 4) is 5.75 Å². The van der Waals surface area contributed by atoms with Crippen molar-refractivity contribution in [1.29, 1.82) is 0 Å². The number of esters is 1. The Bertz CT molecular complexity index is 657. The summed E-state index contributed by atoms with van der Waals surface area (Å²) in [4.78, 5) is 11.9. The quantitative estimate of drug-likeness (QED) is 0.853. The van der Waals surface area contributed by atoms with Crippen molar-refractivity contribution in [1.82, 2.24) is 0 Å². The van der Waals surface area contributed by atoms with Crippen LogP contribution in [0.4, 0.5) is 4.39 Å². The number of hydrogen-bond acceptors (Lipinski definition) is 3. The maximum atomic E-state index is 13.3.